The smallest absolute Gasteiger partial charge is 0.191 e. The molecule has 6 heteroatoms. The number of thiophene rings is 1. The number of halogens is 1. The van der Waals surface area contributed by atoms with Crippen molar-refractivity contribution in [3.05, 3.63) is 52.2 Å². The second-order valence-electron chi connectivity index (χ2n) is 6.16. The highest BCUT2D eigenvalue weighted by atomic mass is 127. The molecule has 1 fully saturated rings. The monoisotopic (exact) mass is 471 g/mol. The topological polar surface area (TPSA) is 45.7 Å². The fourth-order valence-electron chi connectivity index (χ4n) is 2.92. The number of benzene rings is 1. The maximum absolute atomic E-state index is 5.55. The Hall–Kier alpha value is -1.28. The molecule has 0 aliphatic heterocycles. The van der Waals surface area contributed by atoms with Crippen LogP contribution in [0.4, 0.5) is 0 Å². The van der Waals surface area contributed by atoms with E-state index < -0.39 is 0 Å². The molecule has 0 radical (unpaired) electrons. The third-order valence-corrected chi connectivity index (χ3v) is 5.20. The van der Waals surface area contributed by atoms with Gasteiger partial charge in [0.25, 0.3) is 0 Å². The average molecular weight is 471 g/mol. The lowest BCUT2D eigenvalue weighted by Gasteiger charge is -2.21. The van der Waals surface area contributed by atoms with Crippen molar-refractivity contribution in [2.75, 3.05) is 20.2 Å². The van der Waals surface area contributed by atoms with Crippen LogP contribution in [0, 0.1) is 0 Å². The van der Waals surface area contributed by atoms with E-state index in [1.807, 2.05) is 12.1 Å². The Morgan fingerprint density at radius 2 is 2.04 bits per heavy atom. The van der Waals surface area contributed by atoms with Crippen LogP contribution in [0.25, 0.3) is 0 Å². The molecule has 0 spiro atoms. The average Bonchev–Trinajstić information content (AvgIpc) is 3.23. The number of nitrogens with one attached hydrogen (secondary N) is 2. The van der Waals surface area contributed by atoms with Gasteiger partial charge in [-0.2, -0.15) is 11.3 Å². The minimum Gasteiger partial charge on any atom is -0.496 e. The number of rotatable bonds is 7. The minimum absolute atomic E-state index is 0. The van der Waals surface area contributed by atoms with E-state index in [0.717, 1.165) is 24.8 Å². The molecule has 1 aliphatic rings. The molecule has 0 atom stereocenters. The van der Waals surface area contributed by atoms with E-state index in [0.29, 0.717) is 6.54 Å². The Morgan fingerprint density at radius 3 is 2.68 bits per heavy atom. The second-order valence-corrected chi connectivity index (χ2v) is 6.94. The number of hydrogen-bond acceptors (Lipinski definition) is 3. The molecular formula is C19H26IN3OS. The van der Waals surface area contributed by atoms with Crippen molar-refractivity contribution in [3.63, 3.8) is 0 Å². The van der Waals surface area contributed by atoms with Crippen LogP contribution in [0.5, 0.6) is 5.75 Å². The summed E-state index contributed by atoms with van der Waals surface area (Å²) in [6.45, 7) is 4.54. The lowest BCUT2D eigenvalue weighted by molar-refractivity contribution is 0.403. The van der Waals surface area contributed by atoms with Gasteiger partial charge in [0.1, 0.15) is 5.75 Å². The zero-order valence-corrected chi connectivity index (χ0v) is 17.9. The molecule has 1 saturated carbocycles. The highest BCUT2D eigenvalue weighted by molar-refractivity contribution is 14.0. The van der Waals surface area contributed by atoms with Crippen molar-refractivity contribution in [1.29, 1.82) is 0 Å². The third-order valence-electron chi connectivity index (χ3n) is 4.47. The van der Waals surface area contributed by atoms with Crippen LogP contribution in [-0.2, 0) is 12.0 Å². The SMILES string of the molecule is CCNC(=NCc1ccsc1)NCC1(c2ccccc2OC)CC1.I. The van der Waals surface area contributed by atoms with Gasteiger partial charge in [0.15, 0.2) is 5.96 Å². The van der Waals surface area contributed by atoms with Crippen LogP contribution in [0.15, 0.2) is 46.1 Å². The van der Waals surface area contributed by atoms with E-state index in [2.05, 4.69) is 46.5 Å². The minimum atomic E-state index is 0. The lowest BCUT2D eigenvalue weighted by Crippen LogP contribution is -2.41. The summed E-state index contributed by atoms with van der Waals surface area (Å²) in [6.07, 6.45) is 2.37. The fourth-order valence-corrected chi connectivity index (χ4v) is 3.58. The Bertz CT molecular complexity index is 684. The molecule has 0 bridgehead atoms. The second kappa shape index (κ2) is 9.43. The van der Waals surface area contributed by atoms with E-state index in [1.165, 1.54) is 24.0 Å². The molecule has 1 heterocycles. The van der Waals surface area contributed by atoms with Gasteiger partial charge >= 0.3 is 0 Å². The quantitative estimate of drug-likeness (QED) is 0.362. The van der Waals surface area contributed by atoms with Crippen molar-refractivity contribution < 1.29 is 4.74 Å². The molecule has 2 N–H and O–H groups in total. The van der Waals surface area contributed by atoms with Gasteiger partial charge in [-0.3, -0.25) is 0 Å². The molecule has 0 saturated heterocycles. The standard InChI is InChI=1S/C19H25N3OS.HI/c1-3-20-18(21-12-15-8-11-24-13-15)22-14-19(9-10-19)16-6-4-5-7-17(16)23-2;/h4-8,11,13H,3,9-10,12,14H2,1-2H3,(H2,20,21,22);1H. The molecule has 0 amide bonds. The first-order chi connectivity index (χ1) is 11.8. The molecule has 2 aromatic rings. The van der Waals surface area contributed by atoms with Crippen molar-refractivity contribution >= 4 is 41.3 Å². The Labute approximate surface area is 171 Å². The zero-order chi connectivity index (χ0) is 16.8. The summed E-state index contributed by atoms with van der Waals surface area (Å²) in [5, 5.41) is 11.1. The van der Waals surface area contributed by atoms with Crippen LogP contribution >= 0.6 is 35.3 Å². The third kappa shape index (κ3) is 5.10. The van der Waals surface area contributed by atoms with Crippen molar-refractivity contribution in [1.82, 2.24) is 10.6 Å². The highest BCUT2D eigenvalue weighted by Crippen LogP contribution is 2.50. The first kappa shape index (κ1) is 20.0. The van der Waals surface area contributed by atoms with E-state index in [1.54, 1.807) is 18.4 Å². The maximum atomic E-state index is 5.55. The molecule has 25 heavy (non-hydrogen) atoms. The normalized spacial score (nSPS) is 15.2. The van der Waals surface area contributed by atoms with Gasteiger partial charge < -0.3 is 15.4 Å². The first-order valence-electron chi connectivity index (χ1n) is 8.44. The van der Waals surface area contributed by atoms with E-state index >= 15 is 0 Å². The summed E-state index contributed by atoms with van der Waals surface area (Å²) in [7, 11) is 1.74. The van der Waals surface area contributed by atoms with Gasteiger partial charge in [0, 0.05) is 24.1 Å². The van der Waals surface area contributed by atoms with Crippen LogP contribution in [0.1, 0.15) is 30.9 Å². The summed E-state index contributed by atoms with van der Waals surface area (Å²) in [5.41, 5.74) is 2.72. The van der Waals surface area contributed by atoms with Crippen LogP contribution < -0.4 is 15.4 Å². The number of ether oxygens (including phenoxy) is 1. The first-order valence-corrected chi connectivity index (χ1v) is 9.38. The van der Waals surface area contributed by atoms with Crippen LogP contribution in [-0.4, -0.2) is 26.2 Å². The molecule has 4 nitrogen and oxygen atoms in total. The Kier molecular flexibility index (Phi) is 7.56. The molecule has 1 aliphatic carbocycles. The molecule has 3 rings (SSSR count). The number of hydrogen-bond donors (Lipinski definition) is 2. The summed E-state index contributed by atoms with van der Waals surface area (Å²) < 4.78 is 5.55. The van der Waals surface area contributed by atoms with Crippen molar-refractivity contribution in [3.8, 4) is 5.75 Å². The fraction of sp³-hybridized carbons (Fsp3) is 0.421. The lowest BCUT2D eigenvalue weighted by atomic mass is 9.95. The Morgan fingerprint density at radius 1 is 1.24 bits per heavy atom. The van der Waals surface area contributed by atoms with Gasteiger partial charge in [0.05, 0.1) is 13.7 Å². The molecule has 1 aromatic carbocycles. The predicted molar refractivity (Wildman–Crippen MR) is 116 cm³/mol. The van der Waals surface area contributed by atoms with Gasteiger partial charge in [-0.15, -0.1) is 24.0 Å². The summed E-state index contributed by atoms with van der Waals surface area (Å²) in [4.78, 5) is 4.69. The maximum Gasteiger partial charge on any atom is 0.191 e. The van der Waals surface area contributed by atoms with Gasteiger partial charge in [0.2, 0.25) is 0 Å². The van der Waals surface area contributed by atoms with Crippen LogP contribution in [0.3, 0.4) is 0 Å². The molecule has 1 aromatic heterocycles. The van der Waals surface area contributed by atoms with E-state index in [9.17, 15) is 0 Å². The number of nitrogens with zero attached hydrogens (tertiary/aromatic N) is 1. The number of guanidine groups is 1. The predicted octanol–water partition coefficient (Wildman–Crippen LogP) is 4.16. The van der Waals surface area contributed by atoms with E-state index in [4.69, 9.17) is 9.73 Å². The molecule has 136 valence electrons. The van der Waals surface area contributed by atoms with E-state index in [-0.39, 0.29) is 29.4 Å². The van der Waals surface area contributed by atoms with Gasteiger partial charge in [-0.25, -0.2) is 4.99 Å². The molecular weight excluding hydrogens is 445 g/mol. The summed E-state index contributed by atoms with van der Waals surface area (Å²) >= 11 is 1.71. The largest absolute Gasteiger partial charge is 0.496 e. The summed E-state index contributed by atoms with van der Waals surface area (Å²) in [6, 6.07) is 10.5. The van der Waals surface area contributed by atoms with Gasteiger partial charge in [-0.1, -0.05) is 18.2 Å². The number of methoxy groups -OCH3 is 1. The van der Waals surface area contributed by atoms with Crippen molar-refractivity contribution in [2.45, 2.75) is 31.7 Å². The van der Waals surface area contributed by atoms with Crippen molar-refractivity contribution in [2.24, 2.45) is 4.99 Å². The Balaban J connectivity index is 0.00000225. The van der Waals surface area contributed by atoms with Gasteiger partial charge in [-0.05, 0) is 48.2 Å². The number of para-hydroxylation sites is 1. The highest BCUT2D eigenvalue weighted by Gasteiger charge is 2.46. The zero-order valence-electron chi connectivity index (χ0n) is 14.7. The molecule has 0 unspecified atom stereocenters. The number of aliphatic imine (C=N–C) groups is 1. The summed E-state index contributed by atoms with van der Waals surface area (Å²) in [5.74, 6) is 1.86. The van der Waals surface area contributed by atoms with Crippen LogP contribution in [0.2, 0.25) is 0 Å².